The van der Waals surface area contributed by atoms with Crippen LogP contribution in [0.4, 0.5) is 0 Å². The first-order chi connectivity index (χ1) is 8.54. The second-order valence-corrected chi connectivity index (χ2v) is 4.26. The average molecular weight is 250 g/mol. The van der Waals surface area contributed by atoms with Gasteiger partial charge in [0, 0.05) is 12.3 Å². The van der Waals surface area contributed by atoms with Gasteiger partial charge in [0.25, 0.3) is 0 Å². The molecule has 0 saturated heterocycles. The molecule has 1 aromatic carbocycles. The Morgan fingerprint density at radius 3 is 2.39 bits per heavy atom. The Morgan fingerprint density at radius 2 is 1.89 bits per heavy atom. The fraction of sp³-hybridized carbons (Fsp3) is 0.429. The van der Waals surface area contributed by atoms with E-state index in [0.717, 1.165) is 12.0 Å². The molecule has 1 N–H and O–H groups in total. The van der Waals surface area contributed by atoms with Crippen LogP contribution >= 0.6 is 0 Å². The van der Waals surface area contributed by atoms with Gasteiger partial charge in [0.15, 0.2) is 0 Å². The summed E-state index contributed by atoms with van der Waals surface area (Å²) in [7, 11) is 0. The third kappa shape index (κ3) is 4.20. The molecule has 0 aliphatic rings. The molecule has 1 atom stereocenters. The minimum Gasteiger partial charge on any atom is -0.478 e. The topological polar surface area (TPSA) is 63.6 Å². The standard InChI is InChI=1S/C14H18O4/c1-3-4-13(15)18-9-10(2)11-5-7-12(8-6-11)14(16)17/h5-8,10H,3-4,9H2,1-2H3,(H,16,17)/t10-/m1/s1. The monoisotopic (exact) mass is 250 g/mol. The van der Waals surface area contributed by atoms with Crippen LogP contribution in [0.3, 0.4) is 0 Å². The summed E-state index contributed by atoms with van der Waals surface area (Å²) in [5.41, 5.74) is 1.22. The molecule has 4 nitrogen and oxygen atoms in total. The van der Waals surface area contributed by atoms with E-state index in [1.807, 2.05) is 13.8 Å². The molecule has 0 bridgehead atoms. The minimum absolute atomic E-state index is 0.0636. The number of carboxylic acids is 1. The van der Waals surface area contributed by atoms with Crippen LogP contribution in [0.2, 0.25) is 0 Å². The maximum Gasteiger partial charge on any atom is 0.335 e. The summed E-state index contributed by atoms with van der Waals surface area (Å²) in [6.45, 7) is 4.19. The predicted octanol–water partition coefficient (Wildman–Crippen LogP) is 2.83. The normalized spacial score (nSPS) is 11.9. The minimum atomic E-state index is -0.941. The lowest BCUT2D eigenvalue weighted by Gasteiger charge is -2.12. The number of hydrogen-bond donors (Lipinski definition) is 1. The maximum atomic E-state index is 11.2. The molecule has 0 radical (unpaired) electrons. The van der Waals surface area contributed by atoms with Gasteiger partial charge >= 0.3 is 11.9 Å². The molecule has 0 spiro atoms. The summed E-state index contributed by atoms with van der Waals surface area (Å²) in [6, 6.07) is 6.62. The third-order valence-corrected chi connectivity index (χ3v) is 2.68. The Labute approximate surface area is 107 Å². The van der Waals surface area contributed by atoms with E-state index in [-0.39, 0.29) is 17.5 Å². The molecule has 0 saturated carbocycles. The number of benzene rings is 1. The van der Waals surface area contributed by atoms with Crippen molar-refractivity contribution in [2.24, 2.45) is 0 Å². The summed E-state index contributed by atoms with van der Waals surface area (Å²) in [5.74, 6) is -1.07. The fourth-order valence-electron chi connectivity index (χ4n) is 1.54. The molecule has 0 unspecified atom stereocenters. The molecular formula is C14H18O4. The van der Waals surface area contributed by atoms with Crippen LogP contribution in [-0.4, -0.2) is 23.7 Å². The van der Waals surface area contributed by atoms with Gasteiger partial charge in [-0.25, -0.2) is 4.79 Å². The molecule has 0 aliphatic heterocycles. The predicted molar refractivity (Wildman–Crippen MR) is 67.7 cm³/mol. The molecule has 1 aromatic rings. The largest absolute Gasteiger partial charge is 0.478 e. The van der Waals surface area contributed by atoms with Crippen LogP contribution in [0, 0.1) is 0 Å². The molecule has 0 fully saturated rings. The highest BCUT2D eigenvalue weighted by atomic mass is 16.5. The Kier molecular flexibility index (Phi) is 5.36. The summed E-state index contributed by atoms with van der Waals surface area (Å²) in [6.07, 6.45) is 1.21. The van der Waals surface area contributed by atoms with Gasteiger partial charge in [-0.05, 0) is 24.1 Å². The SMILES string of the molecule is CCCC(=O)OC[C@@H](C)c1ccc(C(=O)O)cc1. The molecule has 0 amide bonds. The number of carbonyl (C=O) groups is 2. The summed E-state index contributed by atoms with van der Waals surface area (Å²) >= 11 is 0. The molecule has 0 aromatic heterocycles. The van der Waals surface area contributed by atoms with E-state index in [0.29, 0.717) is 13.0 Å². The van der Waals surface area contributed by atoms with Crippen LogP contribution < -0.4 is 0 Å². The van der Waals surface area contributed by atoms with Crippen molar-refractivity contribution in [3.8, 4) is 0 Å². The molecule has 4 heteroatoms. The summed E-state index contributed by atoms with van der Waals surface area (Å²) in [4.78, 5) is 21.9. The molecule has 18 heavy (non-hydrogen) atoms. The number of carbonyl (C=O) groups excluding carboxylic acids is 1. The molecular weight excluding hydrogens is 232 g/mol. The van der Waals surface area contributed by atoms with Crippen molar-refractivity contribution in [2.45, 2.75) is 32.6 Å². The van der Waals surface area contributed by atoms with E-state index < -0.39 is 5.97 Å². The lowest BCUT2D eigenvalue weighted by molar-refractivity contribution is -0.144. The third-order valence-electron chi connectivity index (χ3n) is 2.68. The fourth-order valence-corrected chi connectivity index (χ4v) is 1.54. The van der Waals surface area contributed by atoms with Gasteiger partial charge in [-0.2, -0.15) is 0 Å². The van der Waals surface area contributed by atoms with E-state index in [9.17, 15) is 9.59 Å². The summed E-state index contributed by atoms with van der Waals surface area (Å²) in [5, 5.41) is 8.78. The smallest absolute Gasteiger partial charge is 0.335 e. The second kappa shape index (κ2) is 6.79. The van der Waals surface area contributed by atoms with Crippen molar-refractivity contribution < 1.29 is 19.4 Å². The van der Waals surface area contributed by atoms with Crippen LogP contribution in [0.1, 0.15) is 48.5 Å². The van der Waals surface area contributed by atoms with Gasteiger partial charge in [0.05, 0.1) is 12.2 Å². The zero-order chi connectivity index (χ0) is 13.5. The van der Waals surface area contributed by atoms with E-state index >= 15 is 0 Å². The highest BCUT2D eigenvalue weighted by Crippen LogP contribution is 2.16. The molecule has 1 rings (SSSR count). The van der Waals surface area contributed by atoms with Gasteiger partial charge in [0.1, 0.15) is 0 Å². The average Bonchev–Trinajstić information content (AvgIpc) is 2.36. The van der Waals surface area contributed by atoms with E-state index in [1.165, 1.54) is 0 Å². The van der Waals surface area contributed by atoms with Gasteiger partial charge in [0.2, 0.25) is 0 Å². The number of ether oxygens (including phenoxy) is 1. The van der Waals surface area contributed by atoms with Crippen molar-refractivity contribution in [3.05, 3.63) is 35.4 Å². The van der Waals surface area contributed by atoms with Crippen LogP contribution in [0.5, 0.6) is 0 Å². The molecule has 0 aliphatic carbocycles. The Balaban J connectivity index is 2.53. The van der Waals surface area contributed by atoms with Gasteiger partial charge in [-0.3, -0.25) is 4.79 Å². The van der Waals surface area contributed by atoms with Gasteiger partial charge in [-0.1, -0.05) is 26.0 Å². The zero-order valence-corrected chi connectivity index (χ0v) is 10.7. The van der Waals surface area contributed by atoms with E-state index in [4.69, 9.17) is 9.84 Å². The van der Waals surface area contributed by atoms with Crippen molar-refractivity contribution in [1.82, 2.24) is 0 Å². The number of carboxylic acid groups (broad SMARTS) is 1. The van der Waals surface area contributed by atoms with Crippen LogP contribution in [0.15, 0.2) is 24.3 Å². The van der Waals surface area contributed by atoms with Gasteiger partial charge < -0.3 is 9.84 Å². The van der Waals surface area contributed by atoms with Crippen LogP contribution in [-0.2, 0) is 9.53 Å². The highest BCUT2D eigenvalue weighted by molar-refractivity contribution is 5.87. The maximum absolute atomic E-state index is 11.2. The Hall–Kier alpha value is -1.84. The highest BCUT2D eigenvalue weighted by Gasteiger charge is 2.10. The molecule has 98 valence electrons. The van der Waals surface area contributed by atoms with Crippen molar-refractivity contribution in [3.63, 3.8) is 0 Å². The first-order valence-electron chi connectivity index (χ1n) is 6.03. The van der Waals surface area contributed by atoms with Crippen molar-refractivity contribution in [2.75, 3.05) is 6.61 Å². The van der Waals surface area contributed by atoms with Crippen molar-refractivity contribution >= 4 is 11.9 Å². The summed E-state index contributed by atoms with van der Waals surface area (Å²) < 4.78 is 5.12. The van der Waals surface area contributed by atoms with Crippen molar-refractivity contribution in [1.29, 1.82) is 0 Å². The lowest BCUT2D eigenvalue weighted by atomic mass is 10.0. The second-order valence-electron chi connectivity index (χ2n) is 4.26. The first kappa shape index (κ1) is 14.2. The zero-order valence-electron chi connectivity index (χ0n) is 10.7. The lowest BCUT2D eigenvalue weighted by Crippen LogP contribution is -2.10. The Morgan fingerprint density at radius 1 is 1.28 bits per heavy atom. The number of esters is 1. The Bertz CT molecular complexity index is 408. The van der Waals surface area contributed by atoms with Crippen LogP contribution in [0.25, 0.3) is 0 Å². The first-order valence-corrected chi connectivity index (χ1v) is 6.03. The quantitative estimate of drug-likeness (QED) is 0.788. The van der Waals surface area contributed by atoms with E-state index in [1.54, 1.807) is 24.3 Å². The number of aromatic carboxylic acids is 1. The number of hydrogen-bond acceptors (Lipinski definition) is 3. The number of rotatable bonds is 6. The van der Waals surface area contributed by atoms with Gasteiger partial charge in [-0.15, -0.1) is 0 Å². The molecule has 0 heterocycles. The van der Waals surface area contributed by atoms with E-state index in [2.05, 4.69) is 0 Å².